The lowest BCUT2D eigenvalue weighted by Gasteiger charge is -2.07. The Morgan fingerprint density at radius 1 is 1.37 bits per heavy atom. The Kier molecular flexibility index (Phi) is 5.40. The number of halogens is 2. The molecule has 0 saturated heterocycles. The first-order chi connectivity index (χ1) is 9.03. The van der Waals surface area contributed by atoms with Gasteiger partial charge in [0.2, 0.25) is 0 Å². The first-order valence-electron chi connectivity index (χ1n) is 5.17. The predicted molar refractivity (Wildman–Crippen MR) is 74.3 cm³/mol. The predicted octanol–water partition coefficient (Wildman–Crippen LogP) is 1.55. The van der Waals surface area contributed by atoms with Crippen LogP contribution < -0.4 is 11.2 Å². The maximum Gasteiger partial charge on any atom is 0.179 e. The van der Waals surface area contributed by atoms with Crippen molar-refractivity contribution in [2.24, 2.45) is 20.7 Å². The van der Waals surface area contributed by atoms with Crippen molar-refractivity contribution in [2.45, 2.75) is 0 Å². The van der Waals surface area contributed by atoms with E-state index in [0.717, 1.165) is 6.07 Å². The summed E-state index contributed by atoms with van der Waals surface area (Å²) in [5.74, 6) is -0.484. The average Bonchev–Trinajstić information content (AvgIpc) is 2.42. The second-order valence-corrected chi connectivity index (χ2v) is 3.76. The van der Waals surface area contributed by atoms with Gasteiger partial charge in [0.1, 0.15) is 17.4 Å². The zero-order valence-corrected chi connectivity index (χ0v) is 11.1. The van der Waals surface area contributed by atoms with E-state index >= 15 is 0 Å². The van der Waals surface area contributed by atoms with Crippen molar-refractivity contribution in [1.82, 2.24) is 5.48 Å². The van der Waals surface area contributed by atoms with Crippen LogP contribution in [0, 0.1) is 5.82 Å². The Hall–Kier alpha value is -1.99. The van der Waals surface area contributed by atoms with Crippen LogP contribution in [-0.2, 0) is 0 Å². The minimum absolute atomic E-state index is 0.0201. The molecular weight excluding hydrogens is 273 g/mol. The van der Waals surface area contributed by atoms with Gasteiger partial charge in [-0.2, -0.15) is 0 Å². The van der Waals surface area contributed by atoms with Crippen LogP contribution in [0.25, 0.3) is 0 Å². The zero-order chi connectivity index (χ0) is 14.4. The fraction of sp³-hybridized carbons (Fsp3) is 0.182. The maximum atomic E-state index is 13.0. The van der Waals surface area contributed by atoms with Gasteiger partial charge in [-0.1, -0.05) is 11.6 Å². The first kappa shape index (κ1) is 15.1. The number of aliphatic imine (C=N–C) groups is 3. The summed E-state index contributed by atoms with van der Waals surface area (Å²) in [6.07, 6.45) is 0. The van der Waals surface area contributed by atoms with Gasteiger partial charge in [-0.15, -0.1) is 0 Å². The van der Waals surface area contributed by atoms with Crippen LogP contribution in [0.15, 0.2) is 33.2 Å². The highest BCUT2D eigenvalue weighted by atomic mass is 35.5. The summed E-state index contributed by atoms with van der Waals surface area (Å²) in [6.45, 7) is 0. The largest absolute Gasteiger partial charge is 0.382 e. The van der Waals surface area contributed by atoms with Crippen molar-refractivity contribution >= 4 is 34.7 Å². The van der Waals surface area contributed by atoms with Crippen molar-refractivity contribution < 1.29 is 9.60 Å². The van der Waals surface area contributed by atoms with Gasteiger partial charge in [0.25, 0.3) is 0 Å². The van der Waals surface area contributed by atoms with Crippen LogP contribution in [0.4, 0.5) is 10.1 Å². The third kappa shape index (κ3) is 3.73. The quantitative estimate of drug-likeness (QED) is 0.446. The van der Waals surface area contributed by atoms with E-state index in [9.17, 15) is 4.39 Å². The molecule has 1 rings (SSSR count). The summed E-state index contributed by atoms with van der Waals surface area (Å²) in [5, 5.41) is 9.00. The minimum Gasteiger partial charge on any atom is -0.382 e. The third-order valence-corrected chi connectivity index (χ3v) is 2.47. The normalized spacial score (nSPS) is 13.6. The van der Waals surface area contributed by atoms with E-state index in [-0.39, 0.29) is 22.4 Å². The molecule has 0 unspecified atom stereocenters. The zero-order valence-electron chi connectivity index (χ0n) is 10.4. The Morgan fingerprint density at radius 3 is 2.53 bits per heavy atom. The van der Waals surface area contributed by atoms with Crippen LogP contribution in [0.5, 0.6) is 0 Å². The Bertz CT molecular complexity index is 556. The van der Waals surface area contributed by atoms with E-state index < -0.39 is 5.82 Å². The molecule has 102 valence electrons. The van der Waals surface area contributed by atoms with Crippen molar-refractivity contribution in [2.75, 3.05) is 14.1 Å². The number of nitrogens with one attached hydrogen (secondary N) is 1. The van der Waals surface area contributed by atoms with Crippen LogP contribution in [0.1, 0.15) is 0 Å². The van der Waals surface area contributed by atoms with Crippen LogP contribution in [-0.4, -0.2) is 36.7 Å². The molecule has 0 heterocycles. The summed E-state index contributed by atoms with van der Waals surface area (Å²) in [5.41, 5.74) is 7.98. The molecule has 0 fully saturated rings. The summed E-state index contributed by atoms with van der Waals surface area (Å²) < 4.78 is 13.0. The van der Waals surface area contributed by atoms with E-state index in [1.54, 1.807) is 0 Å². The standard InChI is InChI=1S/C11H13ClFN5O/c1-15-9(10(14)16-2)11(18-19)17-6-3-4-8(13)7(12)5-6/h3-5,19H,1-2H3,(H2,14,16)(H,17,18). The molecule has 0 amide bonds. The summed E-state index contributed by atoms with van der Waals surface area (Å²) in [6, 6.07) is 3.86. The number of rotatable bonds is 3. The smallest absolute Gasteiger partial charge is 0.179 e. The van der Waals surface area contributed by atoms with Gasteiger partial charge >= 0.3 is 0 Å². The van der Waals surface area contributed by atoms with Crippen molar-refractivity contribution in [3.63, 3.8) is 0 Å². The summed E-state index contributed by atoms with van der Waals surface area (Å²) in [4.78, 5) is 11.6. The Labute approximate surface area is 114 Å². The SMILES string of the molecule is CN=C(N)C(=NC)C(=Nc1ccc(F)c(Cl)c1)NO. The van der Waals surface area contributed by atoms with Crippen molar-refractivity contribution in [1.29, 1.82) is 0 Å². The lowest BCUT2D eigenvalue weighted by atomic mass is 10.3. The molecule has 0 radical (unpaired) electrons. The minimum atomic E-state index is -0.557. The lowest BCUT2D eigenvalue weighted by molar-refractivity contribution is 0.237. The molecule has 0 spiro atoms. The van der Waals surface area contributed by atoms with Gasteiger partial charge < -0.3 is 5.73 Å². The number of nitrogens with zero attached hydrogens (tertiary/aromatic N) is 3. The summed E-state index contributed by atoms with van der Waals surface area (Å²) >= 11 is 5.64. The molecular formula is C11H13ClFN5O. The van der Waals surface area contributed by atoms with Crippen LogP contribution in [0.2, 0.25) is 5.02 Å². The van der Waals surface area contributed by atoms with Crippen molar-refractivity contribution in [3.8, 4) is 0 Å². The molecule has 0 saturated carbocycles. The maximum absolute atomic E-state index is 13.0. The van der Waals surface area contributed by atoms with E-state index in [4.69, 9.17) is 22.5 Å². The molecule has 0 aliphatic carbocycles. The van der Waals surface area contributed by atoms with Gasteiger partial charge in [-0.05, 0) is 18.2 Å². The second-order valence-electron chi connectivity index (χ2n) is 3.35. The molecule has 6 nitrogen and oxygen atoms in total. The number of amidine groups is 2. The molecule has 0 atom stereocenters. The molecule has 0 aliphatic rings. The van der Waals surface area contributed by atoms with Gasteiger partial charge in [-0.3, -0.25) is 20.7 Å². The molecule has 1 aromatic rings. The number of nitrogens with two attached hydrogens (primary N) is 1. The van der Waals surface area contributed by atoms with Crippen LogP contribution in [0.3, 0.4) is 0 Å². The second kappa shape index (κ2) is 6.81. The lowest BCUT2D eigenvalue weighted by Crippen LogP contribution is -2.38. The molecule has 0 aromatic heterocycles. The van der Waals surface area contributed by atoms with E-state index in [0.29, 0.717) is 5.69 Å². The van der Waals surface area contributed by atoms with Gasteiger partial charge in [0.15, 0.2) is 5.84 Å². The fourth-order valence-corrected chi connectivity index (χ4v) is 1.44. The van der Waals surface area contributed by atoms with Gasteiger partial charge in [0.05, 0.1) is 10.7 Å². The average molecular weight is 286 g/mol. The third-order valence-electron chi connectivity index (χ3n) is 2.18. The molecule has 0 aliphatic heterocycles. The number of hydroxylamine groups is 1. The van der Waals surface area contributed by atoms with E-state index in [2.05, 4.69) is 15.0 Å². The molecule has 0 bridgehead atoms. The first-order valence-corrected chi connectivity index (χ1v) is 5.55. The Morgan fingerprint density at radius 2 is 2.05 bits per heavy atom. The molecule has 8 heteroatoms. The Balaban J connectivity index is 3.21. The highest BCUT2D eigenvalue weighted by Gasteiger charge is 2.12. The van der Waals surface area contributed by atoms with Crippen molar-refractivity contribution in [3.05, 3.63) is 29.0 Å². The number of hydrogen-bond donors (Lipinski definition) is 3. The highest BCUT2D eigenvalue weighted by molar-refractivity contribution is 6.67. The van der Waals surface area contributed by atoms with Gasteiger partial charge in [0, 0.05) is 14.1 Å². The number of benzene rings is 1. The highest BCUT2D eigenvalue weighted by Crippen LogP contribution is 2.21. The fourth-order valence-electron chi connectivity index (χ4n) is 1.26. The monoisotopic (exact) mass is 285 g/mol. The summed E-state index contributed by atoms with van der Waals surface area (Å²) in [7, 11) is 2.95. The topological polar surface area (TPSA) is 95.4 Å². The van der Waals surface area contributed by atoms with Gasteiger partial charge in [-0.25, -0.2) is 9.38 Å². The van der Waals surface area contributed by atoms with E-state index in [1.807, 2.05) is 5.48 Å². The van der Waals surface area contributed by atoms with E-state index in [1.165, 1.54) is 26.2 Å². The number of hydrogen-bond acceptors (Lipinski definition) is 4. The molecule has 1 aromatic carbocycles. The molecule has 19 heavy (non-hydrogen) atoms. The van der Waals surface area contributed by atoms with Crippen LogP contribution >= 0.6 is 11.6 Å². The molecule has 4 N–H and O–H groups in total.